The maximum Gasteiger partial charge on any atom is 0.327 e. The average Bonchev–Trinajstić information content (AvgIpc) is 2.71. The van der Waals surface area contributed by atoms with Gasteiger partial charge in [-0.05, 0) is 18.6 Å². The number of hydrogen-bond donors (Lipinski definition) is 2. The van der Waals surface area contributed by atoms with E-state index in [0.29, 0.717) is 0 Å². The number of aliphatic carboxylic acids is 2. The maximum atomic E-state index is 12.4. The number of thiocarbonyl (C=S) groups is 1. The van der Waals surface area contributed by atoms with Crippen molar-refractivity contribution in [2.24, 2.45) is 0 Å². The number of carboxylic acids is 2. The summed E-state index contributed by atoms with van der Waals surface area (Å²) in [5.41, 5.74) is 1.80. The highest BCUT2D eigenvalue weighted by Gasteiger charge is 2.41. The zero-order valence-corrected chi connectivity index (χ0v) is 13.7. The molecule has 0 aliphatic carbocycles. The number of rotatable bonds is 5. The van der Waals surface area contributed by atoms with E-state index in [-0.39, 0.29) is 9.23 Å². The number of aryl methyl sites for hydroxylation is 1. The standard InChI is InChI=1S/C15H13NO5S2/c1-8-3-2-4-9(5-8)6-11-13(19)16(15(22)23-11)10(14(20)21)7-12(17)18/h2-6,10H,7H2,1H3,(H,17,18)(H,20,21)/b11-6-/t10-/m1/s1. The number of carbonyl (C=O) groups excluding carboxylic acids is 1. The smallest absolute Gasteiger partial charge is 0.327 e. The molecule has 1 aliphatic heterocycles. The predicted molar refractivity (Wildman–Crippen MR) is 89.9 cm³/mol. The molecule has 1 fully saturated rings. The third-order valence-corrected chi connectivity index (χ3v) is 4.46. The van der Waals surface area contributed by atoms with Gasteiger partial charge in [-0.3, -0.25) is 14.5 Å². The second-order valence-electron chi connectivity index (χ2n) is 4.92. The van der Waals surface area contributed by atoms with Crippen molar-refractivity contribution < 1.29 is 24.6 Å². The normalized spacial score (nSPS) is 17.6. The first-order valence-corrected chi connectivity index (χ1v) is 7.80. The van der Waals surface area contributed by atoms with Gasteiger partial charge in [0.2, 0.25) is 0 Å². The molecule has 1 atom stereocenters. The molecule has 0 aromatic heterocycles. The molecule has 120 valence electrons. The number of thioether (sulfide) groups is 1. The Balaban J connectivity index is 2.32. The average molecular weight is 351 g/mol. The second kappa shape index (κ2) is 6.93. The van der Waals surface area contributed by atoms with Crippen LogP contribution in [0, 0.1) is 6.92 Å². The maximum absolute atomic E-state index is 12.4. The van der Waals surface area contributed by atoms with Gasteiger partial charge in [-0.25, -0.2) is 4.79 Å². The zero-order chi connectivity index (χ0) is 17.1. The van der Waals surface area contributed by atoms with Gasteiger partial charge in [0.05, 0.1) is 11.3 Å². The minimum atomic E-state index is -1.51. The molecule has 0 spiro atoms. The summed E-state index contributed by atoms with van der Waals surface area (Å²) in [6.45, 7) is 1.91. The van der Waals surface area contributed by atoms with E-state index in [9.17, 15) is 19.5 Å². The van der Waals surface area contributed by atoms with Crippen LogP contribution in [0.3, 0.4) is 0 Å². The van der Waals surface area contributed by atoms with E-state index in [1.54, 1.807) is 6.08 Å². The van der Waals surface area contributed by atoms with Crippen LogP contribution >= 0.6 is 24.0 Å². The third-order valence-electron chi connectivity index (χ3n) is 3.13. The fourth-order valence-corrected chi connectivity index (χ4v) is 3.47. The van der Waals surface area contributed by atoms with Crippen LogP contribution in [0.2, 0.25) is 0 Å². The van der Waals surface area contributed by atoms with Crippen molar-refractivity contribution in [1.29, 1.82) is 0 Å². The number of carbonyl (C=O) groups is 3. The van der Waals surface area contributed by atoms with E-state index in [4.69, 9.17) is 17.3 Å². The molecule has 0 saturated carbocycles. The number of amides is 1. The van der Waals surface area contributed by atoms with Crippen LogP contribution in [-0.4, -0.2) is 43.3 Å². The van der Waals surface area contributed by atoms with Gasteiger partial charge in [0.25, 0.3) is 5.91 Å². The summed E-state index contributed by atoms with van der Waals surface area (Å²) >= 11 is 6.02. The minimum Gasteiger partial charge on any atom is -0.481 e. The monoisotopic (exact) mass is 351 g/mol. The summed E-state index contributed by atoms with van der Waals surface area (Å²) < 4.78 is 0.0440. The summed E-state index contributed by atoms with van der Waals surface area (Å²) in [6, 6.07) is 5.93. The van der Waals surface area contributed by atoms with Crippen molar-refractivity contribution >= 4 is 52.2 Å². The van der Waals surface area contributed by atoms with E-state index in [0.717, 1.165) is 27.8 Å². The molecule has 23 heavy (non-hydrogen) atoms. The Morgan fingerprint density at radius 2 is 2.09 bits per heavy atom. The summed E-state index contributed by atoms with van der Waals surface area (Å²) in [6.07, 6.45) is 0.908. The molecule has 1 heterocycles. The molecule has 6 nitrogen and oxygen atoms in total. The lowest BCUT2D eigenvalue weighted by Crippen LogP contribution is -2.45. The van der Waals surface area contributed by atoms with Gasteiger partial charge >= 0.3 is 11.9 Å². The molecule has 1 amide bonds. The topological polar surface area (TPSA) is 94.9 Å². The first-order valence-electron chi connectivity index (χ1n) is 6.58. The van der Waals surface area contributed by atoms with Crippen LogP contribution in [0.1, 0.15) is 17.5 Å². The van der Waals surface area contributed by atoms with Crippen LogP contribution in [0.15, 0.2) is 29.2 Å². The first kappa shape index (κ1) is 17.2. The fourth-order valence-electron chi connectivity index (χ4n) is 2.11. The first-order chi connectivity index (χ1) is 10.8. The Morgan fingerprint density at radius 3 is 2.65 bits per heavy atom. The largest absolute Gasteiger partial charge is 0.481 e. The zero-order valence-electron chi connectivity index (χ0n) is 12.1. The fraction of sp³-hybridized carbons (Fsp3) is 0.200. The van der Waals surface area contributed by atoms with Crippen molar-refractivity contribution in [2.45, 2.75) is 19.4 Å². The van der Waals surface area contributed by atoms with Gasteiger partial charge in [-0.1, -0.05) is 53.8 Å². The summed E-state index contributed by atoms with van der Waals surface area (Å²) in [5, 5.41) is 18.0. The van der Waals surface area contributed by atoms with Gasteiger partial charge in [-0.2, -0.15) is 0 Å². The summed E-state index contributed by atoms with van der Waals surface area (Å²) in [7, 11) is 0. The molecule has 0 radical (unpaired) electrons. The predicted octanol–water partition coefficient (Wildman–Crippen LogP) is 2.12. The molecule has 0 bridgehead atoms. The molecule has 1 aromatic carbocycles. The van der Waals surface area contributed by atoms with Crippen LogP contribution in [0.5, 0.6) is 0 Å². The Bertz CT molecular complexity index is 728. The Labute approximate surface area is 141 Å². The molecule has 2 N–H and O–H groups in total. The SMILES string of the molecule is Cc1cccc(/C=C2\SC(=S)N([C@H](CC(=O)O)C(=O)O)C2=O)c1. The number of carboxylic acid groups (broad SMARTS) is 2. The van der Waals surface area contributed by atoms with Crippen molar-refractivity contribution in [3.8, 4) is 0 Å². The van der Waals surface area contributed by atoms with Crippen molar-refractivity contribution in [3.63, 3.8) is 0 Å². The number of benzene rings is 1. The van der Waals surface area contributed by atoms with Crippen LogP contribution in [-0.2, 0) is 14.4 Å². The van der Waals surface area contributed by atoms with E-state index in [2.05, 4.69) is 0 Å². The van der Waals surface area contributed by atoms with E-state index >= 15 is 0 Å². The molecule has 2 rings (SSSR count). The molecular formula is C15H13NO5S2. The van der Waals surface area contributed by atoms with E-state index in [1.807, 2.05) is 31.2 Å². The van der Waals surface area contributed by atoms with Crippen molar-refractivity contribution in [2.75, 3.05) is 0 Å². The van der Waals surface area contributed by atoms with Gasteiger partial charge in [0.15, 0.2) is 0 Å². The van der Waals surface area contributed by atoms with Gasteiger partial charge in [-0.15, -0.1) is 0 Å². The lowest BCUT2D eigenvalue weighted by atomic mass is 10.1. The molecule has 8 heteroatoms. The quantitative estimate of drug-likeness (QED) is 0.620. The van der Waals surface area contributed by atoms with Crippen molar-refractivity contribution in [3.05, 3.63) is 40.3 Å². The number of hydrogen-bond acceptors (Lipinski definition) is 5. The van der Waals surface area contributed by atoms with Gasteiger partial charge < -0.3 is 10.2 Å². The van der Waals surface area contributed by atoms with Gasteiger partial charge in [0.1, 0.15) is 10.4 Å². The lowest BCUT2D eigenvalue weighted by molar-refractivity contribution is -0.150. The number of nitrogens with zero attached hydrogens (tertiary/aromatic N) is 1. The van der Waals surface area contributed by atoms with Crippen molar-refractivity contribution in [1.82, 2.24) is 4.90 Å². The van der Waals surface area contributed by atoms with E-state index < -0.39 is 30.3 Å². The van der Waals surface area contributed by atoms with Crippen LogP contribution < -0.4 is 0 Å². The minimum absolute atomic E-state index is 0.0440. The van der Waals surface area contributed by atoms with E-state index in [1.165, 1.54) is 0 Å². The molecule has 1 aliphatic rings. The van der Waals surface area contributed by atoms with Crippen LogP contribution in [0.25, 0.3) is 6.08 Å². The Morgan fingerprint density at radius 1 is 1.39 bits per heavy atom. The molecule has 1 aromatic rings. The Hall–Kier alpha value is -2.19. The lowest BCUT2D eigenvalue weighted by Gasteiger charge is -2.21. The highest BCUT2D eigenvalue weighted by Crippen LogP contribution is 2.34. The summed E-state index contributed by atoms with van der Waals surface area (Å²) in [5.74, 6) is -3.30. The van der Waals surface area contributed by atoms with Crippen LogP contribution in [0.4, 0.5) is 0 Å². The third kappa shape index (κ3) is 3.96. The summed E-state index contributed by atoms with van der Waals surface area (Å²) in [4.78, 5) is 35.7. The second-order valence-corrected chi connectivity index (χ2v) is 6.59. The molecular weight excluding hydrogens is 338 g/mol. The molecule has 0 unspecified atom stereocenters. The highest BCUT2D eigenvalue weighted by molar-refractivity contribution is 8.26. The Kier molecular flexibility index (Phi) is 5.17. The molecule has 1 saturated heterocycles. The van der Waals surface area contributed by atoms with Gasteiger partial charge in [0, 0.05) is 0 Å². The highest BCUT2D eigenvalue weighted by atomic mass is 32.2.